The Morgan fingerprint density at radius 3 is 2.58 bits per heavy atom. The van der Waals surface area contributed by atoms with Crippen LogP contribution in [0.2, 0.25) is 0 Å². The number of nitrogens with two attached hydrogens (primary N) is 1. The summed E-state index contributed by atoms with van der Waals surface area (Å²) in [6, 6.07) is 0. The van der Waals surface area contributed by atoms with Crippen molar-refractivity contribution < 1.29 is 4.74 Å². The van der Waals surface area contributed by atoms with E-state index in [1.54, 1.807) is 0 Å². The molecule has 0 aromatic rings. The number of hydrogen-bond donors (Lipinski definition) is 2. The van der Waals surface area contributed by atoms with Gasteiger partial charge in [-0.25, -0.2) is 0 Å². The molecule has 0 saturated carbocycles. The first-order valence-electron chi connectivity index (χ1n) is 7.39. The Bertz CT molecular complexity index is 271. The summed E-state index contributed by atoms with van der Waals surface area (Å²) < 4.78 is 5.72. The Morgan fingerprint density at radius 1 is 1.37 bits per heavy atom. The molecule has 2 unspecified atom stereocenters. The molecule has 1 aliphatic rings. The van der Waals surface area contributed by atoms with Gasteiger partial charge in [-0.2, -0.15) is 0 Å². The highest BCUT2D eigenvalue weighted by Crippen LogP contribution is 2.10. The molecule has 5 heteroatoms. The summed E-state index contributed by atoms with van der Waals surface area (Å²) in [4.78, 5) is 6.74. The van der Waals surface area contributed by atoms with Crippen molar-refractivity contribution in [2.45, 2.75) is 46.3 Å². The van der Waals surface area contributed by atoms with Gasteiger partial charge in [0.2, 0.25) is 0 Å². The second-order valence-electron chi connectivity index (χ2n) is 5.92. The monoisotopic (exact) mass is 270 g/mol. The number of nitrogens with one attached hydrogen (secondary N) is 1. The van der Waals surface area contributed by atoms with Crippen LogP contribution in [0.25, 0.3) is 0 Å². The molecule has 19 heavy (non-hydrogen) atoms. The molecule has 0 aromatic heterocycles. The Morgan fingerprint density at radius 2 is 2.00 bits per heavy atom. The zero-order valence-corrected chi connectivity index (χ0v) is 12.9. The summed E-state index contributed by atoms with van der Waals surface area (Å²) in [5.41, 5.74) is 5.79. The molecule has 1 rings (SSSR count). The van der Waals surface area contributed by atoms with Crippen molar-refractivity contribution in [3.8, 4) is 0 Å². The lowest BCUT2D eigenvalue weighted by Crippen LogP contribution is -2.46. The first kappa shape index (κ1) is 16.2. The average Bonchev–Trinajstić information content (AvgIpc) is 2.31. The molecule has 0 radical (unpaired) electrons. The molecule has 0 bridgehead atoms. The molecule has 0 amide bonds. The van der Waals surface area contributed by atoms with Crippen molar-refractivity contribution in [1.29, 1.82) is 0 Å². The lowest BCUT2D eigenvalue weighted by Gasteiger charge is -2.35. The fourth-order valence-electron chi connectivity index (χ4n) is 2.32. The molecule has 2 atom stereocenters. The van der Waals surface area contributed by atoms with Crippen LogP contribution in [0, 0.1) is 5.92 Å². The van der Waals surface area contributed by atoms with Crippen LogP contribution in [0.4, 0.5) is 0 Å². The standard InChI is InChI=1S/C14H30N4O/c1-11(2)8-17-14(15)16-6-5-7-18-9-12(3)19-13(4)10-18/h11-13H,5-10H2,1-4H3,(H3,15,16,17). The SMILES string of the molecule is CC(C)CN=C(N)NCCCN1CC(C)OC(C)C1. The zero-order valence-electron chi connectivity index (χ0n) is 12.9. The van der Waals surface area contributed by atoms with Crippen LogP contribution in [0.5, 0.6) is 0 Å². The van der Waals surface area contributed by atoms with E-state index < -0.39 is 0 Å². The van der Waals surface area contributed by atoms with Crippen LogP contribution in [0.15, 0.2) is 4.99 Å². The lowest BCUT2D eigenvalue weighted by atomic mass is 10.2. The van der Waals surface area contributed by atoms with Gasteiger partial charge in [0.1, 0.15) is 0 Å². The molecule has 0 spiro atoms. The highest BCUT2D eigenvalue weighted by Gasteiger charge is 2.21. The second kappa shape index (κ2) is 8.38. The first-order chi connectivity index (χ1) is 8.97. The van der Waals surface area contributed by atoms with Gasteiger partial charge in [0.15, 0.2) is 5.96 Å². The predicted molar refractivity (Wildman–Crippen MR) is 80.4 cm³/mol. The normalized spacial score (nSPS) is 25.8. The van der Waals surface area contributed by atoms with Crippen LogP contribution < -0.4 is 11.1 Å². The molecule has 1 saturated heterocycles. The van der Waals surface area contributed by atoms with Crippen LogP contribution in [0.1, 0.15) is 34.1 Å². The zero-order chi connectivity index (χ0) is 14.3. The van der Waals surface area contributed by atoms with Gasteiger partial charge in [-0.15, -0.1) is 0 Å². The largest absolute Gasteiger partial charge is 0.373 e. The van der Waals surface area contributed by atoms with Gasteiger partial charge < -0.3 is 15.8 Å². The summed E-state index contributed by atoms with van der Waals surface area (Å²) in [7, 11) is 0. The van der Waals surface area contributed by atoms with Crippen molar-refractivity contribution in [3.63, 3.8) is 0 Å². The number of morpholine rings is 1. The Hall–Kier alpha value is -0.810. The first-order valence-corrected chi connectivity index (χ1v) is 7.39. The van der Waals surface area contributed by atoms with Crippen molar-refractivity contribution in [2.75, 3.05) is 32.7 Å². The molecule has 112 valence electrons. The van der Waals surface area contributed by atoms with Gasteiger partial charge in [-0.1, -0.05) is 13.8 Å². The topological polar surface area (TPSA) is 62.9 Å². The number of hydrogen-bond acceptors (Lipinski definition) is 3. The van der Waals surface area contributed by atoms with E-state index in [1.807, 2.05) is 0 Å². The van der Waals surface area contributed by atoms with E-state index in [9.17, 15) is 0 Å². The molecule has 5 nitrogen and oxygen atoms in total. The van der Waals surface area contributed by atoms with Crippen LogP contribution in [-0.4, -0.2) is 55.8 Å². The third kappa shape index (κ3) is 7.38. The maximum atomic E-state index is 5.79. The van der Waals surface area contributed by atoms with E-state index >= 15 is 0 Å². The number of nitrogens with zero attached hydrogens (tertiary/aromatic N) is 2. The van der Waals surface area contributed by atoms with E-state index in [2.05, 4.69) is 42.9 Å². The van der Waals surface area contributed by atoms with Crippen LogP contribution in [0.3, 0.4) is 0 Å². The minimum atomic E-state index is 0.342. The summed E-state index contributed by atoms with van der Waals surface area (Å²) in [5, 5.41) is 3.17. The second-order valence-corrected chi connectivity index (χ2v) is 5.92. The molecular formula is C14H30N4O. The molecule has 0 aliphatic carbocycles. The maximum Gasteiger partial charge on any atom is 0.188 e. The van der Waals surface area contributed by atoms with Gasteiger partial charge in [-0.05, 0) is 26.2 Å². The number of rotatable bonds is 6. The van der Waals surface area contributed by atoms with Crippen molar-refractivity contribution in [3.05, 3.63) is 0 Å². The summed E-state index contributed by atoms with van der Waals surface area (Å²) >= 11 is 0. The summed E-state index contributed by atoms with van der Waals surface area (Å²) in [5.74, 6) is 1.12. The molecular weight excluding hydrogens is 240 g/mol. The highest BCUT2D eigenvalue weighted by atomic mass is 16.5. The molecule has 1 fully saturated rings. The predicted octanol–water partition coefficient (Wildman–Crippen LogP) is 1.05. The Balaban J connectivity index is 2.11. The third-order valence-electron chi connectivity index (χ3n) is 3.08. The number of aliphatic imine (C=N–C) groups is 1. The fourth-order valence-corrected chi connectivity index (χ4v) is 2.32. The van der Waals surface area contributed by atoms with Gasteiger partial charge in [0.05, 0.1) is 12.2 Å². The number of ether oxygens (including phenoxy) is 1. The average molecular weight is 270 g/mol. The minimum absolute atomic E-state index is 0.342. The molecule has 1 aliphatic heterocycles. The third-order valence-corrected chi connectivity index (χ3v) is 3.08. The highest BCUT2D eigenvalue weighted by molar-refractivity contribution is 5.77. The quantitative estimate of drug-likeness (QED) is 0.430. The summed E-state index contributed by atoms with van der Waals surface area (Å²) in [6.45, 7) is 13.4. The molecule has 1 heterocycles. The summed E-state index contributed by atoms with van der Waals surface area (Å²) in [6.07, 6.45) is 1.76. The number of guanidine groups is 1. The smallest absolute Gasteiger partial charge is 0.188 e. The van der Waals surface area contributed by atoms with E-state index in [0.29, 0.717) is 24.1 Å². The Kier molecular flexibility index (Phi) is 7.16. The van der Waals surface area contributed by atoms with Gasteiger partial charge >= 0.3 is 0 Å². The lowest BCUT2D eigenvalue weighted by molar-refractivity contribution is -0.0679. The van der Waals surface area contributed by atoms with Crippen molar-refractivity contribution in [2.24, 2.45) is 16.6 Å². The molecule has 3 N–H and O–H groups in total. The molecule has 0 aromatic carbocycles. The van der Waals surface area contributed by atoms with Gasteiger partial charge in [-0.3, -0.25) is 9.89 Å². The van der Waals surface area contributed by atoms with Crippen molar-refractivity contribution in [1.82, 2.24) is 10.2 Å². The van der Waals surface area contributed by atoms with Crippen molar-refractivity contribution >= 4 is 5.96 Å². The van der Waals surface area contributed by atoms with E-state index in [4.69, 9.17) is 10.5 Å². The Labute approximate surface area is 117 Å². The van der Waals surface area contributed by atoms with Gasteiger partial charge in [0, 0.05) is 32.7 Å². The van der Waals surface area contributed by atoms with E-state index in [1.165, 1.54) is 0 Å². The van der Waals surface area contributed by atoms with E-state index in [0.717, 1.165) is 39.1 Å². The maximum absolute atomic E-state index is 5.79. The van der Waals surface area contributed by atoms with E-state index in [-0.39, 0.29) is 0 Å². The van der Waals surface area contributed by atoms with Crippen LogP contribution >= 0.6 is 0 Å². The van der Waals surface area contributed by atoms with Crippen LogP contribution in [-0.2, 0) is 4.74 Å². The fraction of sp³-hybridized carbons (Fsp3) is 0.929. The van der Waals surface area contributed by atoms with Gasteiger partial charge in [0.25, 0.3) is 0 Å². The minimum Gasteiger partial charge on any atom is -0.373 e.